The van der Waals surface area contributed by atoms with Crippen molar-refractivity contribution in [3.05, 3.63) is 39.5 Å². The molecule has 0 bridgehead atoms. The molecule has 1 aromatic carbocycles. The number of carbonyl (C=O) groups excluding carboxylic acids is 2. The molecule has 0 heterocycles. The van der Waals surface area contributed by atoms with Crippen LogP contribution in [0.4, 0.5) is 0 Å². The number of hydrogen-bond acceptors (Lipinski definition) is 5. The summed E-state index contributed by atoms with van der Waals surface area (Å²) in [6.45, 7) is 0.000419. The molecule has 3 N–H and O–H groups in total. The number of para-hydroxylation sites is 1. The molecular weight excluding hydrogens is 559 g/mol. The van der Waals surface area contributed by atoms with Crippen LogP contribution in [0.3, 0.4) is 0 Å². The molecule has 0 spiro atoms. The Morgan fingerprint density at radius 1 is 1.06 bits per heavy atom. The van der Waals surface area contributed by atoms with Crippen LogP contribution in [-0.2, 0) is 9.59 Å². The first kappa shape index (κ1) is 26.4. The van der Waals surface area contributed by atoms with Crippen molar-refractivity contribution in [2.24, 2.45) is 5.92 Å². The van der Waals surface area contributed by atoms with E-state index in [1.165, 1.54) is 6.42 Å². The number of aliphatic hydroxyl groups excluding tert-OH is 2. The molecule has 3 unspecified atom stereocenters. The Labute approximate surface area is 221 Å². The fourth-order valence-corrected chi connectivity index (χ4v) is 6.31. The molecule has 1 aromatic rings. The fourth-order valence-electron chi connectivity index (χ4n) is 5.79. The summed E-state index contributed by atoms with van der Waals surface area (Å²) >= 11 is 2.19. The van der Waals surface area contributed by atoms with Gasteiger partial charge in [0, 0.05) is 30.5 Å². The van der Waals surface area contributed by atoms with Gasteiger partial charge in [-0.25, -0.2) is 0 Å². The second kappa shape index (κ2) is 12.5. The van der Waals surface area contributed by atoms with Crippen LogP contribution in [-0.4, -0.2) is 64.4 Å². The average molecular weight is 597 g/mol. The summed E-state index contributed by atoms with van der Waals surface area (Å²) in [5.41, 5.74) is 0.490. The SMILES string of the molecule is O=C(NCCO)C1=CC(Oc2ccccc2I)C(O)C(N(C(=O)C2CCCC2)C2CCCCC2)C1. The van der Waals surface area contributed by atoms with E-state index in [2.05, 4.69) is 27.9 Å². The van der Waals surface area contributed by atoms with Gasteiger partial charge in [0.2, 0.25) is 11.8 Å². The zero-order valence-corrected chi connectivity index (χ0v) is 22.4. The fraction of sp³-hybridized carbons (Fsp3) is 0.630. The second-order valence-corrected chi connectivity index (χ2v) is 11.1. The maximum atomic E-state index is 13.9. The van der Waals surface area contributed by atoms with E-state index < -0.39 is 18.2 Å². The normalized spacial score (nSPS) is 25.7. The maximum Gasteiger partial charge on any atom is 0.247 e. The highest BCUT2D eigenvalue weighted by atomic mass is 127. The van der Waals surface area contributed by atoms with Crippen LogP contribution < -0.4 is 10.1 Å². The van der Waals surface area contributed by atoms with Crippen molar-refractivity contribution in [3.63, 3.8) is 0 Å². The van der Waals surface area contributed by atoms with E-state index in [9.17, 15) is 19.8 Å². The van der Waals surface area contributed by atoms with Gasteiger partial charge >= 0.3 is 0 Å². The summed E-state index contributed by atoms with van der Waals surface area (Å²) in [6, 6.07) is 7.12. The van der Waals surface area contributed by atoms with Crippen LogP contribution >= 0.6 is 22.6 Å². The van der Waals surface area contributed by atoms with Gasteiger partial charge in [0.1, 0.15) is 18.0 Å². The Bertz CT molecular complexity index is 911. The van der Waals surface area contributed by atoms with Gasteiger partial charge in [-0.1, -0.05) is 44.2 Å². The first-order chi connectivity index (χ1) is 17.0. The van der Waals surface area contributed by atoms with Crippen LogP contribution in [0.5, 0.6) is 5.75 Å². The number of ether oxygens (including phenoxy) is 1. The molecule has 7 nitrogen and oxygen atoms in total. The van der Waals surface area contributed by atoms with Gasteiger partial charge in [0.15, 0.2) is 0 Å². The van der Waals surface area contributed by atoms with E-state index in [0.717, 1.165) is 54.9 Å². The highest BCUT2D eigenvalue weighted by Gasteiger charge is 2.44. The third-order valence-electron chi connectivity index (χ3n) is 7.60. The van der Waals surface area contributed by atoms with Gasteiger partial charge in [-0.05, 0) is 66.5 Å². The molecule has 0 aliphatic heterocycles. The predicted octanol–water partition coefficient (Wildman–Crippen LogP) is 3.56. The van der Waals surface area contributed by atoms with E-state index in [-0.39, 0.29) is 43.3 Å². The van der Waals surface area contributed by atoms with Crippen LogP contribution in [0.25, 0.3) is 0 Å². The third-order valence-corrected chi connectivity index (χ3v) is 8.49. The highest BCUT2D eigenvalue weighted by molar-refractivity contribution is 14.1. The number of nitrogens with one attached hydrogen (secondary N) is 1. The smallest absolute Gasteiger partial charge is 0.247 e. The highest BCUT2D eigenvalue weighted by Crippen LogP contribution is 2.36. The minimum absolute atomic E-state index is 0.00358. The zero-order valence-electron chi connectivity index (χ0n) is 20.2. The average Bonchev–Trinajstić information content (AvgIpc) is 3.42. The lowest BCUT2D eigenvalue weighted by atomic mass is 9.84. The van der Waals surface area contributed by atoms with Crippen LogP contribution in [0.15, 0.2) is 35.9 Å². The van der Waals surface area contributed by atoms with Crippen molar-refractivity contribution in [2.75, 3.05) is 13.2 Å². The number of halogens is 1. The van der Waals surface area contributed by atoms with Gasteiger partial charge in [-0.15, -0.1) is 0 Å². The van der Waals surface area contributed by atoms with E-state index in [1.54, 1.807) is 6.08 Å². The summed E-state index contributed by atoms with van der Waals surface area (Å²) < 4.78 is 7.16. The number of rotatable bonds is 8. The molecule has 3 aliphatic carbocycles. The molecule has 8 heteroatoms. The van der Waals surface area contributed by atoms with Crippen molar-refractivity contribution in [1.29, 1.82) is 0 Å². The number of benzene rings is 1. The number of amides is 2. The predicted molar refractivity (Wildman–Crippen MR) is 142 cm³/mol. The van der Waals surface area contributed by atoms with Gasteiger partial charge < -0.3 is 25.2 Å². The molecule has 192 valence electrons. The maximum absolute atomic E-state index is 13.9. The van der Waals surface area contributed by atoms with Crippen molar-refractivity contribution in [1.82, 2.24) is 10.2 Å². The molecule has 0 radical (unpaired) electrons. The van der Waals surface area contributed by atoms with E-state index in [4.69, 9.17) is 4.74 Å². The molecule has 2 saturated carbocycles. The molecule has 0 aromatic heterocycles. The topological polar surface area (TPSA) is 99.1 Å². The minimum atomic E-state index is -0.951. The monoisotopic (exact) mass is 596 g/mol. The van der Waals surface area contributed by atoms with Crippen molar-refractivity contribution < 1.29 is 24.5 Å². The van der Waals surface area contributed by atoms with E-state index in [0.29, 0.717) is 11.3 Å². The van der Waals surface area contributed by atoms with Gasteiger partial charge in [0.05, 0.1) is 16.2 Å². The molecule has 0 saturated heterocycles. The largest absolute Gasteiger partial charge is 0.482 e. The Hall–Kier alpha value is -1.65. The van der Waals surface area contributed by atoms with Gasteiger partial charge in [-0.2, -0.15) is 0 Å². The van der Waals surface area contributed by atoms with Crippen LogP contribution in [0, 0.1) is 9.49 Å². The number of carbonyl (C=O) groups is 2. The third kappa shape index (κ3) is 6.38. The Morgan fingerprint density at radius 3 is 2.43 bits per heavy atom. The molecule has 2 amide bonds. The van der Waals surface area contributed by atoms with Gasteiger partial charge in [0.25, 0.3) is 0 Å². The first-order valence-corrected chi connectivity index (χ1v) is 14.1. The summed E-state index contributed by atoms with van der Waals surface area (Å²) in [5.74, 6) is 0.472. The lowest BCUT2D eigenvalue weighted by molar-refractivity contribution is -0.147. The zero-order chi connectivity index (χ0) is 24.8. The van der Waals surface area contributed by atoms with E-state index in [1.807, 2.05) is 29.2 Å². The van der Waals surface area contributed by atoms with Crippen LogP contribution in [0.1, 0.15) is 64.2 Å². The molecular formula is C27H37IN2O5. The lowest BCUT2D eigenvalue weighted by Gasteiger charge is -2.46. The summed E-state index contributed by atoms with van der Waals surface area (Å²) in [7, 11) is 0. The van der Waals surface area contributed by atoms with Crippen molar-refractivity contribution in [2.45, 2.75) is 88.5 Å². The minimum Gasteiger partial charge on any atom is -0.482 e. The second-order valence-electron chi connectivity index (χ2n) is 9.97. The molecule has 2 fully saturated rings. The van der Waals surface area contributed by atoms with Crippen LogP contribution in [0.2, 0.25) is 0 Å². The summed E-state index contributed by atoms with van der Waals surface area (Å²) in [6.07, 6.45) is 9.35. The standard InChI is InChI=1S/C27H37IN2O5/c28-21-12-6-7-13-23(21)35-24-17-19(26(33)29-14-15-31)16-22(25(24)32)30(20-10-2-1-3-11-20)27(34)18-8-4-5-9-18/h6-7,12-13,17-18,20,22,24-25,31-32H,1-5,8-11,14-16H2,(H,29,33). The Morgan fingerprint density at radius 2 is 1.74 bits per heavy atom. The van der Waals surface area contributed by atoms with E-state index >= 15 is 0 Å². The number of aliphatic hydroxyl groups is 2. The molecule has 35 heavy (non-hydrogen) atoms. The first-order valence-electron chi connectivity index (χ1n) is 13.0. The molecule has 3 aliphatic rings. The Kier molecular flexibility index (Phi) is 9.46. The molecule has 3 atom stereocenters. The quantitative estimate of drug-likeness (QED) is 0.399. The number of nitrogens with zero attached hydrogens (tertiary/aromatic N) is 1. The summed E-state index contributed by atoms with van der Waals surface area (Å²) in [5, 5.41) is 23.5. The van der Waals surface area contributed by atoms with Gasteiger partial charge in [-0.3, -0.25) is 9.59 Å². The molecule has 4 rings (SSSR count). The summed E-state index contributed by atoms with van der Waals surface area (Å²) in [4.78, 5) is 28.8. The lowest BCUT2D eigenvalue weighted by Crippen LogP contribution is -2.59. The number of hydrogen-bond donors (Lipinski definition) is 3. The Balaban J connectivity index is 1.66. The van der Waals surface area contributed by atoms with Crippen molar-refractivity contribution in [3.8, 4) is 5.75 Å². The van der Waals surface area contributed by atoms with Crippen molar-refractivity contribution >= 4 is 34.4 Å².